The van der Waals surface area contributed by atoms with Gasteiger partial charge in [0.25, 0.3) is 0 Å². The second kappa shape index (κ2) is 2.79. The van der Waals surface area contributed by atoms with Crippen molar-refractivity contribution in [1.82, 2.24) is 0 Å². The minimum Gasteiger partial charge on any atom is -0.369 e. The van der Waals surface area contributed by atoms with Crippen LogP contribution < -0.4 is 5.73 Å². The highest BCUT2D eigenvalue weighted by atomic mass is 16.3. The van der Waals surface area contributed by atoms with Crippen LogP contribution >= 0.6 is 0 Å². The molecule has 0 saturated carbocycles. The summed E-state index contributed by atoms with van der Waals surface area (Å²) in [6.07, 6.45) is 2.28. The van der Waals surface area contributed by atoms with E-state index in [1.807, 2.05) is 6.92 Å². The monoisotopic (exact) mass is 116 g/mol. The zero-order valence-electron chi connectivity index (χ0n) is 4.85. The van der Waals surface area contributed by atoms with Gasteiger partial charge in [-0.2, -0.15) is 0 Å². The lowest BCUT2D eigenvalue weighted by Gasteiger charge is -2.11. The summed E-state index contributed by atoms with van der Waals surface area (Å²) in [6, 6.07) is 0. The molecule has 0 heterocycles. The Morgan fingerprint density at radius 2 is 2.38 bits per heavy atom. The molecule has 0 bridgehead atoms. The van der Waals surface area contributed by atoms with Crippen LogP contribution in [0.3, 0.4) is 0 Å². The highest BCUT2D eigenvalue weighted by Gasteiger charge is 2.18. The minimum absolute atomic E-state index is 0.274. The zero-order chi connectivity index (χ0) is 6.62. The molecule has 3 N–H and O–H groups in total. The SMILES string of the molecule is CCCC(N)(O)[C]=O. The number of rotatable bonds is 3. The van der Waals surface area contributed by atoms with Crippen LogP contribution in [0.4, 0.5) is 0 Å². The molecular weight excluding hydrogens is 106 g/mol. The maximum absolute atomic E-state index is 9.72. The average Bonchev–Trinajstić information content (AvgIpc) is 1.67. The maximum atomic E-state index is 9.72. The average molecular weight is 116 g/mol. The van der Waals surface area contributed by atoms with E-state index < -0.39 is 5.72 Å². The van der Waals surface area contributed by atoms with Crippen LogP contribution in [0, 0.1) is 0 Å². The largest absolute Gasteiger partial charge is 0.369 e. The van der Waals surface area contributed by atoms with Crippen molar-refractivity contribution in [2.24, 2.45) is 5.73 Å². The molecular formula is C5H10NO2. The van der Waals surface area contributed by atoms with Gasteiger partial charge in [0, 0.05) is 0 Å². The molecule has 1 radical (unpaired) electrons. The van der Waals surface area contributed by atoms with Crippen molar-refractivity contribution in [2.75, 3.05) is 0 Å². The Bertz CT molecular complexity index is 80.5. The summed E-state index contributed by atoms with van der Waals surface area (Å²) < 4.78 is 0. The summed E-state index contributed by atoms with van der Waals surface area (Å²) in [5.74, 6) is 0. The molecule has 0 spiro atoms. The summed E-state index contributed by atoms with van der Waals surface area (Å²) in [7, 11) is 0. The van der Waals surface area contributed by atoms with Crippen LogP contribution in [0.5, 0.6) is 0 Å². The fraction of sp³-hybridized carbons (Fsp3) is 0.800. The molecule has 1 atom stereocenters. The van der Waals surface area contributed by atoms with E-state index in [1.165, 1.54) is 6.29 Å². The van der Waals surface area contributed by atoms with Crippen LogP contribution in [0.2, 0.25) is 0 Å². The first-order valence-electron chi connectivity index (χ1n) is 2.53. The van der Waals surface area contributed by atoms with Gasteiger partial charge in [0.1, 0.15) is 0 Å². The van der Waals surface area contributed by atoms with Gasteiger partial charge in [-0.05, 0) is 6.42 Å². The summed E-state index contributed by atoms with van der Waals surface area (Å²) in [6.45, 7) is 1.83. The predicted molar refractivity (Wildman–Crippen MR) is 29.7 cm³/mol. The quantitative estimate of drug-likeness (QED) is 0.490. The Morgan fingerprint density at radius 1 is 1.88 bits per heavy atom. The molecule has 0 aromatic heterocycles. The van der Waals surface area contributed by atoms with Gasteiger partial charge in [-0.25, -0.2) is 0 Å². The standard InChI is InChI=1S/C5H10NO2/c1-2-3-5(6,8)4-7/h8H,2-3,6H2,1H3. The summed E-state index contributed by atoms with van der Waals surface area (Å²) >= 11 is 0. The van der Waals surface area contributed by atoms with Gasteiger partial charge < -0.3 is 5.11 Å². The number of carbonyl (C=O) groups excluding carboxylic acids is 1. The molecule has 0 rings (SSSR count). The van der Waals surface area contributed by atoms with Gasteiger partial charge >= 0.3 is 0 Å². The van der Waals surface area contributed by atoms with E-state index in [0.29, 0.717) is 6.42 Å². The Labute approximate surface area is 48.5 Å². The fourth-order valence-electron chi connectivity index (χ4n) is 0.432. The molecule has 0 saturated heterocycles. The number of aliphatic hydroxyl groups is 1. The van der Waals surface area contributed by atoms with E-state index in [2.05, 4.69) is 0 Å². The van der Waals surface area contributed by atoms with E-state index in [1.54, 1.807) is 0 Å². The van der Waals surface area contributed by atoms with Crippen molar-refractivity contribution in [1.29, 1.82) is 0 Å². The van der Waals surface area contributed by atoms with Gasteiger partial charge in [0.15, 0.2) is 5.72 Å². The number of hydrogen-bond acceptors (Lipinski definition) is 3. The van der Waals surface area contributed by atoms with Crippen LogP contribution in [-0.4, -0.2) is 17.1 Å². The van der Waals surface area contributed by atoms with Crippen molar-refractivity contribution in [2.45, 2.75) is 25.5 Å². The lowest BCUT2D eigenvalue weighted by Crippen LogP contribution is -2.40. The van der Waals surface area contributed by atoms with Crippen molar-refractivity contribution in [3.63, 3.8) is 0 Å². The van der Waals surface area contributed by atoms with Gasteiger partial charge in [-0.3, -0.25) is 10.5 Å². The summed E-state index contributed by atoms with van der Waals surface area (Å²) in [5.41, 5.74) is 3.24. The first kappa shape index (κ1) is 7.59. The van der Waals surface area contributed by atoms with Crippen molar-refractivity contribution < 1.29 is 9.90 Å². The molecule has 3 nitrogen and oxygen atoms in total. The van der Waals surface area contributed by atoms with E-state index >= 15 is 0 Å². The Morgan fingerprint density at radius 3 is 2.50 bits per heavy atom. The predicted octanol–water partition coefficient (Wildman–Crippen LogP) is -0.456. The van der Waals surface area contributed by atoms with Crippen molar-refractivity contribution >= 4 is 6.29 Å². The van der Waals surface area contributed by atoms with Gasteiger partial charge in [0.05, 0.1) is 0 Å². The Hall–Kier alpha value is -0.410. The van der Waals surface area contributed by atoms with Gasteiger partial charge in [-0.15, -0.1) is 0 Å². The first-order chi connectivity index (χ1) is 3.62. The highest BCUT2D eigenvalue weighted by Crippen LogP contribution is 1.99. The van der Waals surface area contributed by atoms with Crippen LogP contribution in [0.1, 0.15) is 19.8 Å². The van der Waals surface area contributed by atoms with Gasteiger partial charge in [-0.1, -0.05) is 13.3 Å². The Balaban J connectivity index is 3.53. The van der Waals surface area contributed by atoms with Crippen molar-refractivity contribution in [3.8, 4) is 0 Å². The molecule has 47 valence electrons. The molecule has 0 fully saturated rings. The fourth-order valence-corrected chi connectivity index (χ4v) is 0.432. The molecule has 8 heavy (non-hydrogen) atoms. The lowest BCUT2D eigenvalue weighted by atomic mass is 10.1. The third-order valence-electron chi connectivity index (χ3n) is 0.808. The molecule has 1 unspecified atom stereocenters. The zero-order valence-corrected chi connectivity index (χ0v) is 4.85. The highest BCUT2D eigenvalue weighted by molar-refractivity contribution is 5.61. The molecule has 0 aliphatic rings. The van der Waals surface area contributed by atoms with E-state index in [-0.39, 0.29) is 6.42 Å². The number of hydrogen-bond donors (Lipinski definition) is 2. The molecule has 0 aliphatic carbocycles. The topological polar surface area (TPSA) is 63.3 Å². The van der Waals surface area contributed by atoms with E-state index in [4.69, 9.17) is 10.8 Å². The first-order valence-corrected chi connectivity index (χ1v) is 2.53. The molecule has 0 aliphatic heterocycles. The molecule has 0 aromatic carbocycles. The molecule has 3 heteroatoms. The normalized spacial score (nSPS) is 17.4. The van der Waals surface area contributed by atoms with Crippen LogP contribution in [0.15, 0.2) is 0 Å². The number of nitrogens with two attached hydrogens (primary N) is 1. The summed E-state index contributed by atoms with van der Waals surface area (Å²) in [4.78, 5) is 9.72. The van der Waals surface area contributed by atoms with Gasteiger partial charge in [0.2, 0.25) is 6.29 Å². The smallest absolute Gasteiger partial charge is 0.249 e. The maximum Gasteiger partial charge on any atom is 0.249 e. The van der Waals surface area contributed by atoms with Crippen molar-refractivity contribution in [3.05, 3.63) is 0 Å². The van der Waals surface area contributed by atoms with Crippen LogP contribution in [-0.2, 0) is 4.79 Å². The van der Waals surface area contributed by atoms with Crippen LogP contribution in [0.25, 0.3) is 0 Å². The van der Waals surface area contributed by atoms with E-state index in [9.17, 15) is 4.79 Å². The third kappa shape index (κ3) is 2.71. The summed E-state index contributed by atoms with van der Waals surface area (Å²) in [5, 5.41) is 8.68. The molecule has 0 amide bonds. The minimum atomic E-state index is -1.71. The third-order valence-corrected chi connectivity index (χ3v) is 0.808. The Kier molecular flexibility index (Phi) is 2.65. The molecule has 0 aromatic rings. The second-order valence-corrected chi connectivity index (χ2v) is 1.78. The lowest BCUT2D eigenvalue weighted by molar-refractivity contribution is 0.105. The van der Waals surface area contributed by atoms with E-state index in [0.717, 1.165) is 0 Å². The second-order valence-electron chi connectivity index (χ2n) is 1.78.